The highest BCUT2D eigenvalue weighted by atomic mass is 35.5. The van der Waals surface area contributed by atoms with Gasteiger partial charge in [-0.3, -0.25) is 4.31 Å². The Balaban J connectivity index is 1.88. The van der Waals surface area contributed by atoms with E-state index in [4.69, 9.17) is 20.8 Å². The molecule has 0 saturated heterocycles. The fraction of sp³-hybridized carbons (Fsp3) is 0.130. The van der Waals surface area contributed by atoms with Gasteiger partial charge in [-0.15, -0.1) is 6.58 Å². The summed E-state index contributed by atoms with van der Waals surface area (Å²) in [4.78, 5) is 24.2. The summed E-state index contributed by atoms with van der Waals surface area (Å²) in [7, 11) is -2.84. The van der Waals surface area contributed by atoms with Crippen molar-refractivity contribution in [3.63, 3.8) is 0 Å². The standard InChI is InChI=1S/C23H20ClNO7S/c1-3-12-25(16-7-5-4-6-8-16)33(28,29)17-9-10-20(24)19(14-17)23(27)32-15-21-18(11-13-31-21)22(26)30-2/h3-11,13-14H,1,12,15H2,2H3. The predicted molar refractivity (Wildman–Crippen MR) is 122 cm³/mol. The second-order valence-electron chi connectivity index (χ2n) is 6.63. The molecule has 1 aromatic heterocycles. The lowest BCUT2D eigenvalue weighted by molar-refractivity contribution is 0.0432. The van der Waals surface area contributed by atoms with Crippen molar-refractivity contribution in [3.8, 4) is 0 Å². The molecule has 2 aromatic carbocycles. The number of anilines is 1. The molecule has 0 radical (unpaired) electrons. The monoisotopic (exact) mass is 489 g/mol. The smallest absolute Gasteiger partial charge is 0.341 e. The number of carbonyl (C=O) groups excluding carboxylic acids is 2. The fourth-order valence-corrected chi connectivity index (χ4v) is 4.61. The van der Waals surface area contributed by atoms with Crippen molar-refractivity contribution < 1.29 is 31.9 Å². The second kappa shape index (κ2) is 10.4. The molecule has 10 heteroatoms. The van der Waals surface area contributed by atoms with E-state index in [1.165, 1.54) is 37.6 Å². The van der Waals surface area contributed by atoms with Gasteiger partial charge >= 0.3 is 11.9 Å². The number of hydrogen-bond acceptors (Lipinski definition) is 7. The van der Waals surface area contributed by atoms with Crippen molar-refractivity contribution >= 4 is 39.3 Å². The summed E-state index contributed by atoms with van der Waals surface area (Å²) in [5, 5.41) is 0.00145. The highest BCUT2D eigenvalue weighted by Gasteiger charge is 2.26. The van der Waals surface area contributed by atoms with E-state index < -0.39 is 22.0 Å². The third-order valence-electron chi connectivity index (χ3n) is 4.57. The van der Waals surface area contributed by atoms with Crippen LogP contribution in [0.25, 0.3) is 0 Å². The molecule has 0 atom stereocenters. The number of furan rings is 1. The summed E-state index contributed by atoms with van der Waals surface area (Å²) in [6, 6.07) is 13.6. The van der Waals surface area contributed by atoms with Crippen molar-refractivity contribution in [2.75, 3.05) is 18.0 Å². The first-order valence-corrected chi connectivity index (χ1v) is 11.4. The van der Waals surface area contributed by atoms with Crippen LogP contribution in [-0.4, -0.2) is 34.0 Å². The van der Waals surface area contributed by atoms with Gasteiger partial charge in [0.1, 0.15) is 5.56 Å². The van der Waals surface area contributed by atoms with Crippen molar-refractivity contribution in [1.29, 1.82) is 0 Å². The van der Waals surface area contributed by atoms with Gasteiger partial charge in [0.25, 0.3) is 10.0 Å². The molecule has 0 aliphatic carbocycles. The topological polar surface area (TPSA) is 103 Å². The summed E-state index contributed by atoms with van der Waals surface area (Å²) >= 11 is 6.14. The fourth-order valence-electron chi connectivity index (χ4n) is 2.96. The van der Waals surface area contributed by atoms with E-state index in [0.29, 0.717) is 5.69 Å². The summed E-state index contributed by atoms with van der Waals surface area (Å²) in [5.74, 6) is -1.46. The predicted octanol–water partition coefficient (Wildman–Crippen LogP) is 4.46. The Labute approximate surface area is 196 Å². The highest BCUT2D eigenvalue weighted by molar-refractivity contribution is 7.92. The first kappa shape index (κ1) is 24.1. The van der Waals surface area contributed by atoms with Crippen LogP contribution < -0.4 is 4.31 Å². The molecule has 0 unspecified atom stereocenters. The Hall–Kier alpha value is -3.56. The van der Waals surface area contributed by atoms with E-state index in [1.807, 2.05) is 0 Å². The molecule has 0 N–H and O–H groups in total. The van der Waals surface area contributed by atoms with Crippen LogP contribution >= 0.6 is 11.6 Å². The number of halogens is 1. The largest absolute Gasteiger partial charge is 0.465 e. The zero-order valence-electron chi connectivity index (χ0n) is 17.6. The van der Waals surface area contributed by atoms with Crippen LogP contribution in [0.1, 0.15) is 26.5 Å². The molecule has 0 saturated carbocycles. The third-order valence-corrected chi connectivity index (χ3v) is 6.69. The van der Waals surface area contributed by atoms with Gasteiger partial charge in [-0.05, 0) is 36.4 Å². The molecule has 0 spiro atoms. The number of carbonyl (C=O) groups is 2. The van der Waals surface area contributed by atoms with Gasteiger partial charge in [-0.25, -0.2) is 18.0 Å². The Morgan fingerprint density at radius 1 is 1.09 bits per heavy atom. The number of esters is 2. The Kier molecular flexibility index (Phi) is 7.57. The minimum Gasteiger partial charge on any atom is -0.465 e. The average molecular weight is 490 g/mol. The minimum atomic E-state index is -4.05. The SMILES string of the molecule is C=CCN(c1ccccc1)S(=O)(=O)c1ccc(Cl)c(C(=O)OCc2occc2C(=O)OC)c1. The van der Waals surface area contributed by atoms with Gasteiger partial charge in [0.15, 0.2) is 12.4 Å². The molecule has 8 nitrogen and oxygen atoms in total. The van der Waals surface area contributed by atoms with Crippen LogP contribution in [0.4, 0.5) is 5.69 Å². The summed E-state index contributed by atoms with van der Waals surface area (Å²) < 4.78 is 42.8. The molecule has 1 heterocycles. The molecule has 0 fully saturated rings. The van der Waals surface area contributed by atoms with Crippen molar-refractivity contribution in [2.45, 2.75) is 11.5 Å². The van der Waals surface area contributed by atoms with Crippen LogP contribution in [0.2, 0.25) is 5.02 Å². The normalized spacial score (nSPS) is 11.0. The lowest BCUT2D eigenvalue weighted by Gasteiger charge is -2.23. The van der Waals surface area contributed by atoms with E-state index >= 15 is 0 Å². The Morgan fingerprint density at radius 2 is 1.82 bits per heavy atom. The third kappa shape index (κ3) is 5.27. The van der Waals surface area contributed by atoms with Crippen LogP contribution in [0.5, 0.6) is 0 Å². The van der Waals surface area contributed by atoms with E-state index in [2.05, 4.69) is 11.3 Å². The van der Waals surface area contributed by atoms with Gasteiger partial charge in [-0.1, -0.05) is 35.9 Å². The average Bonchev–Trinajstić information content (AvgIpc) is 3.29. The number of methoxy groups -OCH3 is 1. The molecule has 3 aromatic rings. The van der Waals surface area contributed by atoms with Gasteiger partial charge < -0.3 is 13.9 Å². The highest BCUT2D eigenvalue weighted by Crippen LogP contribution is 2.27. The molecular formula is C23H20ClNO7S. The van der Waals surface area contributed by atoms with Crippen LogP contribution in [0.15, 0.2) is 82.8 Å². The maximum atomic E-state index is 13.3. The molecule has 3 rings (SSSR count). The molecule has 33 heavy (non-hydrogen) atoms. The number of sulfonamides is 1. The zero-order valence-corrected chi connectivity index (χ0v) is 19.1. The molecule has 0 bridgehead atoms. The lowest BCUT2D eigenvalue weighted by Crippen LogP contribution is -2.31. The van der Waals surface area contributed by atoms with E-state index in [9.17, 15) is 18.0 Å². The first-order valence-electron chi connectivity index (χ1n) is 9.59. The van der Waals surface area contributed by atoms with Gasteiger partial charge in [0.2, 0.25) is 0 Å². The van der Waals surface area contributed by atoms with Crippen LogP contribution in [0, 0.1) is 0 Å². The van der Waals surface area contributed by atoms with Crippen molar-refractivity contribution in [2.24, 2.45) is 0 Å². The maximum absolute atomic E-state index is 13.3. The second-order valence-corrected chi connectivity index (χ2v) is 8.90. The number of benzene rings is 2. The van der Waals surface area contributed by atoms with Crippen molar-refractivity contribution in [1.82, 2.24) is 0 Å². The summed E-state index contributed by atoms with van der Waals surface area (Å²) in [5.41, 5.74) is 0.385. The summed E-state index contributed by atoms with van der Waals surface area (Å²) in [6.45, 7) is 3.26. The Bertz CT molecular complexity index is 1270. The molecule has 0 aliphatic heterocycles. The Morgan fingerprint density at radius 3 is 2.48 bits per heavy atom. The first-order chi connectivity index (χ1) is 15.8. The van der Waals surface area contributed by atoms with Gasteiger partial charge in [-0.2, -0.15) is 0 Å². The van der Waals surface area contributed by atoms with Crippen LogP contribution in [-0.2, 0) is 26.1 Å². The lowest BCUT2D eigenvalue weighted by atomic mass is 10.2. The van der Waals surface area contributed by atoms with E-state index in [0.717, 1.165) is 10.4 Å². The quantitative estimate of drug-likeness (QED) is 0.323. The number of ether oxygens (including phenoxy) is 2. The number of hydrogen-bond donors (Lipinski definition) is 0. The molecule has 0 aliphatic rings. The van der Waals surface area contributed by atoms with Gasteiger partial charge in [0.05, 0.1) is 41.1 Å². The van der Waals surface area contributed by atoms with Crippen molar-refractivity contribution in [3.05, 3.63) is 95.4 Å². The molecule has 0 amide bonds. The number of rotatable bonds is 9. The van der Waals surface area contributed by atoms with Gasteiger partial charge in [0, 0.05) is 0 Å². The molecular weight excluding hydrogens is 470 g/mol. The maximum Gasteiger partial charge on any atom is 0.341 e. The van der Waals surface area contributed by atoms with Crippen LogP contribution in [0.3, 0.4) is 0 Å². The van der Waals surface area contributed by atoms with E-state index in [1.54, 1.807) is 30.3 Å². The zero-order chi connectivity index (χ0) is 24.0. The molecule has 172 valence electrons. The summed E-state index contributed by atoms with van der Waals surface area (Å²) in [6.07, 6.45) is 2.71. The number of para-hydroxylation sites is 1. The van der Waals surface area contributed by atoms with E-state index in [-0.39, 0.29) is 40.0 Å². The number of nitrogens with zero attached hydrogens (tertiary/aromatic N) is 1. The minimum absolute atomic E-state index is 0.00145.